The van der Waals surface area contributed by atoms with Crippen molar-refractivity contribution in [3.05, 3.63) is 17.5 Å². The first-order valence-electron chi connectivity index (χ1n) is 3.33. The van der Waals surface area contributed by atoms with Crippen molar-refractivity contribution >= 4 is 5.78 Å². The zero-order valence-electron chi connectivity index (χ0n) is 5.79. The first-order valence-corrected chi connectivity index (χ1v) is 3.33. The Morgan fingerprint density at radius 3 is 3.10 bits per heavy atom. The maximum Gasteiger partial charge on any atom is 0.183 e. The van der Waals surface area contributed by atoms with E-state index in [0.29, 0.717) is 12.1 Å². The van der Waals surface area contributed by atoms with Crippen molar-refractivity contribution in [1.82, 2.24) is 9.78 Å². The Balaban J connectivity index is 2.59. The fraction of sp³-hybridized carbons (Fsp3) is 0.429. The summed E-state index contributed by atoms with van der Waals surface area (Å²) < 4.78 is 1.70. The summed E-state index contributed by atoms with van der Waals surface area (Å²) in [5.74, 6) is 0.190. The molecule has 52 valence electrons. The van der Waals surface area contributed by atoms with Crippen molar-refractivity contribution in [1.29, 1.82) is 0 Å². The van der Waals surface area contributed by atoms with Gasteiger partial charge in [0, 0.05) is 25.2 Å². The summed E-state index contributed by atoms with van der Waals surface area (Å²) in [6, 6.07) is 0. The third kappa shape index (κ3) is 0.602. The zero-order valence-corrected chi connectivity index (χ0v) is 5.79. The SMILES string of the molecule is Cn1cc2c(n1)C(=O)CC2. The molecule has 3 nitrogen and oxygen atoms in total. The number of fused-ring (bicyclic) bond motifs is 1. The highest BCUT2D eigenvalue weighted by molar-refractivity contribution is 5.98. The van der Waals surface area contributed by atoms with Gasteiger partial charge < -0.3 is 0 Å². The van der Waals surface area contributed by atoms with Crippen LogP contribution in [-0.2, 0) is 13.5 Å². The smallest absolute Gasteiger partial charge is 0.183 e. The number of hydrogen-bond donors (Lipinski definition) is 0. The molecule has 0 unspecified atom stereocenters. The van der Waals surface area contributed by atoms with E-state index in [9.17, 15) is 4.79 Å². The summed E-state index contributed by atoms with van der Waals surface area (Å²) in [5.41, 5.74) is 1.79. The summed E-state index contributed by atoms with van der Waals surface area (Å²) in [5, 5.41) is 4.04. The highest BCUT2D eigenvalue weighted by atomic mass is 16.1. The molecule has 1 aliphatic carbocycles. The Bertz CT molecular complexity index is 288. The van der Waals surface area contributed by atoms with Gasteiger partial charge >= 0.3 is 0 Å². The van der Waals surface area contributed by atoms with Crippen molar-refractivity contribution in [3.8, 4) is 0 Å². The van der Waals surface area contributed by atoms with Gasteiger partial charge in [0.1, 0.15) is 5.69 Å². The standard InChI is InChI=1S/C7H8N2O/c1-9-4-5-2-3-6(10)7(5)8-9/h4H,2-3H2,1H3. The van der Waals surface area contributed by atoms with Gasteiger partial charge in [0.15, 0.2) is 5.78 Å². The fourth-order valence-corrected chi connectivity index (χ4v) is 1.32. The molecule has 1 aromatic rings. The molecular weight excluding hydrogens is 128 g/mol. The van der Waals surface area contributed by atoms with E-state index in [-0.39, 0.29) is 5.78 Å². The Labute approximate surface area is 58.7 Å². The van der Waals surface area contributed by atoms with Crippen molar-refractivity contribution < 1.29 is 4.79 Å². The van der Waals surface area contributed by atoms with E-state index in [1.165, 1.54) is 0 Å². The summed E-state index contributed by atoms with van der Waals surface area (Å²) in [4.78, 5) is 11.0. The predicted octanol–water partition coefficient (Wildman–Crippen LogP) is 0.549. The van der Waals surface area contributed by atoms with Crippen LogP contribution >= 0.6 is 0 Å². The lowest BCUT2D eigenvalue weighted by Gasteiger charge is -1.85. The van der Waals surface area contributed by atoms with Crippen LogP contribution in [0.5, 0.6) is 0 Å². The van der Waals surface area contributed by atoms with Gasteiger partial charge in [-0.25, -0.2) is 0 Å². The molecule has 0 fully saturated rings. The maximum absolute atomic E-state index is 11.0. The minimum atomic E-state index is 0.190. The van der Waals surface area contributed by atoms with Crippen LogP contribution in [-0.4, -0.2) is 15.6 Å². The molecule has 0 aromatic carbocycles. The minimum Gasteiger partial charge on any atom is -0.292 e. The summed E-state index contributed by atoms with van der Waals surface area (Å²) >= 11 is 0. The highest BCUT2D eigenvalue weighted by Gasteiger charge is 2.22. The minimum absolute atomic E-state index is 0.190. The maximum atomic E-state index is 11.0. The average Bonchev–Trinajstić information content (AvgIpc) is 2.35. The quantitative estimate of drug-likeness (QED) is 0.522. The molecule has 0 spiro atoms. The lowest BCUT2D eigenvalue weighted by atomic mass is 10.3. The second-order valence-electron chi connectivity index (χ2n) is 2.60. The van der Waals surface area contributed by atoms with E-state index in [0.717, 1.165) is 12.0 Å². The first-order chi connectivity index (χ1) is 4.77. The van der Waals surface area contributed by atoms with E-state index < -0.39 is 0 Å². The molecule has 2 rings (SSSR count). The molecular formula is C7H8N2O. The molecule has 0 saturated carbocycles. The molecule has 0 saturated heterocycles. The molecule has 0 atom stereocenters. The molecule has 0 amide bonds. The van der Waals surface area contributed by atoms with Gasteiger partial charge in [-0.05, 0) is 6.42 Å². The van der Waals surface area contributed by atoms with Crippen molar-refractivity contribution in [3.63, 3.8) is 0 Å². The highest BCUT2D eigenvalue weighted by Crippen LogP contribution is 2.18. The monoisotopic (exact) mass is 136 g/mol. The summed E-state index contributed by atoms with van der Waals surface area (Å²) in [6.07, 6.45) is 3.45. The van der Waals surface area contributed by atoms with Crippen LogP contribution in [0.15, 0.2) is 6.20 Å². The summed E-state index contributed by atoms with van der Waals surface area (Å²) in [7, 11) is 1.84. The first kappa shape index (κ1) is 5.65. The number of ketones is 1. The van der Waals surface area contributed by atoms with Gasteiger partial charge in [-0.3, -0.25) is 9.48 Å². The van der Waals surface area contributed by atoms with Gasteiger partial charge in [0.05, 0.1) is 0 Å². The molecule has 1 heterocycles. The van der Waals surface area contributed by atoms with E-state index in [1.807, 2.05) is 13.2 Å². The van der Waals surface area contributed by atoms with Crippen LogP contribution < -0.4 is 0 Å². The number of Topliss-reactive ketones (excluding diaryl/α,β-unsaturated/α-hetero) is 1. The number of aryl methyl sites for hydroxylation is 2. The van der Waals surface area contributed by atoms with Crippen LogP contribution in [0.4, 0.5) is 0 Å². The normalized spacial score (nSPS) is 15.9. The molecule has 10 heavy (non-hydrogen) atoms. The number of hydrogen-bond acceptors (Lipinski definition) is 2. The van der Waals surface area contributed by atoms with E-state index in [2.05, 4.69) is 5.10 Å². The number of carbonyl (C=O) groups is 1. The van der Waals surface area contributed by atoms with Crippen LogP contribution in [0.2, 0.25) is 0 Å². The van der Waals surface area contributed by atoms with Gasteiger partial charge in [0.25, 0.3) is 0 Å². The van der Waals surface area contributed by atoms with Crippen LogP contribution in [0, 0.1) is 0 Å². The summed E-state index contributed by atoms with van der Waals surface area (Å²) in [6.45, 7) is 0. The van der Waals surface area contributed by atoms with Crippen molar-refractivity contribution in [2.75, 3.05) is 0 Å². The van der Waals surface area contributed by atoms with E-state index in [4.69, 9.17) is 0 Å². The number of aromatic nitrogens is 2. The fourth-order valence-electron chi connectivity index (χ4n) is 1.32. The predicted molar refractivity (Wildman–Crippen MR) is 35.9 cm³/mol. The van der Waals surface area contributed by atoms with Gasteiger partial charge in [-0.15, -0.1) is 0 Å². The lowest BCUT2D eigenvalue weighted by Crippen LogP contribution is -1.96. The zero-order chi connectivity index (χ0) is 7.14. The molecule has 0 radical (unpaired) electrons. The Morgan fingerprint density at radius 1 is 1.60 bits per heavy atom. The molecule has 0 bridgehead atoms. The number of nitrogens with zero attached hydrogens (tertiary/aromatic N) is 2. The largest absolute Gasteiger partial charge is 0.292 e. The number of rotatable bonds is 0. The molecule has 1 aliphatic rings. The van der Waals surface area contributed by atoms with Crippen LogP contribution in [0.3, 0.4) is 0 Å². The van der Waals surface area contributed by atoms with Crippen LogP contribution in [0.1, 0.15) is 22.5 Å². The third-order valence-corrected chi connectivity index (χ3v) is 1.79. The molecule has 0 aliphatic heterocycles. The third-order valence-electron chi connectivity index (χ3n) is 1.79. The van der Waals surface area contributed by atoms with Gasteiger partial charge in [0.2, 0.25) is 0 Å². The Morgan fingerprint density at radius 2 is 2.40 bits per heavy atom. The molecule has 0 N–H and O–H groups in total. The van der Waals surface area contributed by atoms with Crippen molar-refractivity contribution in [2.45, 2.75) is 12.8 Å². The van der Waals surface area contributed by atoms with E-state index >= 15 is 0 Å². The second kappa shape index (κ2) is 1.68. The molecule has 3 heteroatoms. The topological polar surface area (TPSA) is 34.9 Å². The second-order valence-corrected chi connectivity index (χ2v) is 2.60. The van der Waals surface area contributed by atoms with Crippen LogP contribution in [0.25, 0.3) is 0 Å². The van der Waals surface area contributed by atoms with Gasteiger partial charge in [-0.1, -0.05) is 0 Å². The van der Waals surface area contributed by atoms with E-state index in [1.54, 1.807) is 4.68 Å². The van der Waals surface area contributed by atoms with Crippen molar-refractivity contribution in [2.24, 2.45) is 7.05 Å². The molecule has 1 aromatic heterocycles. The lowest BCUT2D eigenvalue weighted by molar-refractivity contribution is 0.0989. The average molecular weight is 136 g/mol. The Kier molecular flexibility index (Phi) is 0.952. The Hall–Kier alpha value is -1.12. The number of carbonyl (C=O) groups excluding carboxylic acids is 1. The van der Waals surface area contributed by atoms with Gasteiger partial charge in [-0.2, -0.15) is 5.10 Å².